The van der Waals surface area contributed by atoms with E-state index in [-0.39, 0.29) is 12.0 Å². The van der Waals surface area contributed by atoms with E-state index in [9.17, 15) is 4.79 Å². The summed E-state index contributed by atoms with van der Waals surface area (Å²) >= 11 is 0. The fourth-order valence-electron chi connectivity index (χ4n) is 1.50. The van der Waals surface area contributed by atoms with Gasteiger partial charge in [0.25, 0.3) is 0 Å². The van der Waals surface area contributed by atoms with Crippen molar-refractivity contribution < 1.29 is 19.0 Å². The minimum absolute atomic E-state index is 0.00465. The Bertz CT molecular complexity index is 371. The second-order valence-corrected chi connectivity index (χ2v) is 3.79. The summed E-state index contributed by atoms with van der Waals surface area (Å²) in [5.41, 5.74) is 0.755. The highest BCUT2D eigenvalue weighted by molar-refractivity contribution is 5.88. The molecule has 1 aliphatic heterocycles. The van der Waals surface area contributed by atoms with Crippen molar-refractivity contribution in [3.8, 4) is 5.75 Å². The number of carbonyl (C=O) groups is 1. The number of carbonyl (C=O) groups excluding carboxylic acids is 1. The van der Waals surface area contributed by atoms with Crippen molar-refractivity contribution in [2.24, 2.45) is 0 Å². The third-order valence-corrected chi connectivity index (χ3v) is 2.30. The molecule has 1 unspecified atom stereocenters. The van der Waals surface area contributed by atoms with Crippen LogP contribution in [0, 0.1) is 0 Å². The van der Waals surface area contributed by atoms with Crippen molar-refractivity contribution in [2.75, 3.05) is 25.3 Å². The zero-order valence-corrected chi connectivity index (χ0v) is 9.64. The lowest BCUT2D eigenvalue weighted by Crippen LogP contribution is -2.19. The molecule has 92 valence electrons. The number of hydrogen-bond donors (Lipinski definition) is 1. The van der Waals surface area contributed by atoms with Gasteiger partial charge in [0.05, 0.1) is 6.61 Å². The largest absolute Gasteiger partial charge is 0.491 e. The third-order valence-electron chi connectivity index (χ3n) is 2.30. The minimum atomic E-state index is -0.0878. The van der Waals surface area contributed by atoms with Crippen LogP contribution in [0.2, 0.25) is 0 Å². The Hall–Kier alpha value is -1.59. The molecule has 0 bridgehead atoms. The molecule has 2 rings (SSSR count). The van der Waals surface area contributed by atoms with Crippen molar-refractivity contribution in [1.29, 1.82) is 0 Å². The summed E-state index contributed by atoms with van der Waals surface area (Å²) in [6.07, 6.45) is 0.00465. The molecule has 1 aromatic rings. The summed E-state index contributed by atoms with van der Waals surface area (Å²) in [7, 11) is 0. The molecule has 5 nitrogen and oxygen atoms in total. The van der Waals surface area contributed by atoms with E-state index in [2.05, 4.69) is 5.32 Å². The van der Waals surface area contributed by atoms with Gasteiger partial charge in [-0.3, -0.25) is 4.79 Å². The Balaban J connectivity index is 1.82. The number of nitrogens with one attached hydrogen (secondary N) is 1. The van der Waals surface area contributed by atoms with Gasteiger partial charge in [0.15, 0.2) is 0 Å². The van der Waals surface area contributed by atoms with Gasteiger partial charge >= 0.3 is 0 Å². The number of benzene rings is 1. The zero-order chi connectivity index (χ0) is 12.1. The molecular weight excluding hydrogens is 222 g/mol. The Kier molecular flexibility index (Phi) is 3.95. The van der Waals surface area contributed by atoms with E-state index in [0.29, 0.717) is 20.0 Å². The molecule has 1 N–H and O–H groups in total. The molecule has 1 aromatic carbocycles. The molecule has 0 aliphatic carbocycles. The number of amides is 1. The third kappa shape index (κ3) is 3.72. The van der Waals surface area contributed by atoms with E-state index < -0.39 is 0 Å². The van der Waals surface area contributed by atoms with E-state index in [0.717, 1.165) is 11.4 Å². The van der Waals surface area contributed by atoms with Crippen LogP contribution < -0.4 is 10.1 Å². The predicted octanol–water partition coefficient (Wildman–Crippen LogP) is 1.40. The Morgan fingerprint density at radius 2 is 2.24 bits per heavy atom. The van der Waals surface area contributed by atoms with Crippen LogP contribution in [0.3, 0.4) is 0 Å². The van der Waals surface area contributed by atoms with Gasteiger partial charge in [-0.05, 0) is 24.3 Å². The van der Waals surface area contributed by atoms with Crippen molar-refractivity contribution in [3.05, 3.63) is 24.3 Å². The van der Waals surface area contributed by atoms with Gasteiger partial charge in [-0.2, -0.15) is 0 Å². The summed E-state index contributed by atoms with van der Waals surface area (Å²) in [6.45, 7) is 2.86. The number of hydrogen-bond acceptors (Lipinski definition) is 4. The smallest absolute Gasteiger partial charge is 0.221 e. The first-order chi connectivity index (χ1) is 8.24. The number of ether oxygens (including phenoxy) is 3. The van der Waals surface area contributed by atoms with E-state index >= 15 is 0 Å². The van der Waals surface area contributed by atoms with E-state index in [1.54, 1.807) is 24.3 Å². The van der Waals surface area contributed by atoms with Crippen LogP contribution in [0.25, 0.3) is 0 Å². The lowest BCUT2D eigenvalue weighted by atomic mass is 10.3. The first kappa shape index (κ1) is 11.9. The summed E-state index contributed by atoms with van der Waals surface area (Å²) in [4.78, 5) is 10.8. The molecule has 0 spiro atoms. The van der Waals surface area contributed by atoms with Crippen molar-refractivity contribution in [2.45, 2.75) is 13.0 Å². The van der Waals surface area contributed by atoms with Crippen LogP contribution in [0.5, 0.6) is 5.75 Å². The quantitative estimate of drug-likeness (QED) is 0.860. The maximum atomic E-state index is 10.8. The van der Waals surface area contributed by atoms with Gasteiger partial charge in [-0.1, -0.05) is 0 Å². The van der Waals surface area contributed by atoms with Gasteiger partial charge in [-0.15, -0.1) is 0 Å². The molecule has 1 aliphatic rings. The van der Waals surface area contributed by atoms with Crippen LogP contribution in [-0.4, -0.2) is 32.0 Å². The van der Waals surface area contributed by atoms with Gasteiger partial charge in [0, 0.05) is 12.6 Å². The van der Waals surface area contributed by atoms with Gasteiger partial charge in [-0.25, -0.2) is 0 Å². The molecule has 5 heteroatoms. The van der Waals surface area contributed by atoms with Crippen molar-refractivity contribution in [3.63, 3.8) is 0 Å². The Labute approximate surface area is 99.7 Å². The zero-order valence-electron chi connectivity index (χ0n) is 9.64. The highest BCUT2D eigenvalue weighted by atomic mass is 16.7. The fraction of sp³-hybridized carbons (Fsp3) is 0.417. The van der Waals surface area contributed by atoms with E-state index in [4.69, 9.17) is 14.2 Å². The topological polar surface area (TPSA) is 56.8 Å². The van der Waals surface area contributed by atoms with E-state index in [1.165, 1.54) is 6.92 Å². The SMILES string of the molecule is CC(=O)Nc1ccc(OCC2COCO2)cc1. The Morgan fingerprint density at radius 1 is 1.47 bits per heavy atom. The minimum Gasteiger partial charge on any atom is -0.491 e. The Morgan fingerprint density at radius 3 is 2.82 bits per heavy atom. The molecule has 1 amide bonds. The molecular formula is C12H15NO4. The van der Waals surface area contributed by atoms with Crippen LogP contribution in [-0.2, 0) is 14.3 Å². The van der Waals surface area contributed by atoms with Gasteiger partial charge in [0.2, 0.25) is 5.91 Å². The highest BCUT2D eigenvalue weighted by Crippen LogP contribution is 2.16. The number of rotatable bonds is 4. The summed E-state index contributed by atoms with van der Waals surface area (Å²) < 4.78 is 15.8. The second-order valence-electron chi connectivity index (χ2n) is 3.79. The van der Waals surface area contributed by atoms with Crippen molar-refractivity contribution in [1.82, 2.24) is 0 Å². The normalized spacial score (nSPS) is 19.0. The molecule has 1 saturated heterocycles. The maximum Gasteiger partial charge on any atom is 0.221 e. The standard InChI is InChI=1S/C12H15NO4/c1-9(14)13-10-2-4-11(5-3-10)16-7-12-6-15-8-17-12/h2-5,12H,6-8H2,1H3,(H,13,14). The van der Waals surface area contributed by atoms with Crippen LogP contribution >= 0.6 is 0 Å². The van der Waals surface area contributed by atoms with Gasteiger partial charge in [0.1, 0.15) is 25.3 Å². The molecule has 17 heavy (non-hydrogen) atoms. The monoisotopic (exact) mass is 237 g/mol. The van der Waals surface area contributed by atoms with E-state index in [1.807, 2.05) is 0 Å². The summed E-state index contributed by atoms with van der Waals surface area (Å²) in [5.74, 6) is 0.657. The molecule has 1 atom stereocenters. The van der Waals surface area contributed by atoms with Crippen LogP contribution in [0.1, 0.15) is 6.92 Å². The van der Waals surface area contributed by atoms with Crippen LogP contribution in [0.15, 0.2) is 24.3 Å². The molecule has 0 saturated carbocycles. The molecule has 0 radical (unpaired) electrons. The molecule has 1 heterocycles. The highest BCUT2D eigenvalue weighted by Gasteiger charge is 2.16. The maximum absolute atomic E-state index is 10.8. The first-order valence-electron chi connectivity index (χ1n) is 5.44. The van der Waals surface area contributed by atoms with Crippen molar-refractivity contribution >= 4 is 11.6 Å². The van der Waals surface area contributed by atoms with Crippen LogP contribution in [0.4, 0.5) is 5.69 Å². The summed E-state index contributed by atoms with van der Waals surface area (Å²) in [5, 5.41) is 2.69. The van der Waals surface area contributed by atoms with Gasteiger partial charge < -0.3 is 19.5 Å². The molecule has 0 aromatic heterocycles. The lowest BCUT2D eigenvalue weighted by molar-refractivity contribution is -0.114. The lowest BCUT2D eigenvalue weighted by Gasteiger charge is -2.10. The summed E-state index contributed by atoms with van der Waals surface area (Å²) in [6, 6.07) is 7.20. The predicted molar refractivity (Wildman–Crippen MR) is 61.9 cm³/mol. The first-order valence-corrected chi connectivity index (χ1v) is 5.44. The average Bonchev–Trinajstić information content (AvgIpc) is 2.80. The average molecular weight is 237 g/mol. The molecule has 1 fully saturated rings. The second kappa shape index (κ2) is 5.65. The number of anilines is 1. The fourth-order valence-corrected chi connectivity index (χ4v) is 1.50.